The molecule has 1 aliphatic heterocycles. The number of carbonyl (C=O) groups is 2. The molecule has 10 nitrogen and oxygen atoms in total. The minimum Gasteiger partial charge on any atom is -0.380 e. The first-order valence-electron chi connectivity index (χ1n) is 17.3. The Morgan fingerprint density at radius 1 is 0.824 bits per heavy atom. The minimum atomic E-state index is -3.46. The summed E-state index contributed by atoms with van der Waals surface area (Å²) in [6.07, 6.45) is 1.29. The van der Waals surface area contributed by atoms with Crippen LogP contribution in [-0.4, -0.2) is 104 Å². The fourth-order valence-corrected chi connectivity index (χ4v) is 7.67. The lowest BCUT2D eigenvalue weighted by Gasteiger charge is -2.33. The monoisotopic (exact) mass is 762 g/mol. The summed E-state index contributed by atoms with van der Waals surface area (Å²) in [6, 6.07) is 17.4. The van der Waals surface area contributed by atoms with E-state index < -0.39 is 9.84 Å². The number of rotatable bonds is 22. The number of fused-ring (bicyclic) bond motifs is 1. The van der Waals surface area contributed by atoms with Crippen molar-refractivity contribution < 1.29 is 37.0 Å². The Morgan fingerprint density at radius 2 is 1.45 bits per heavy atom. The molecule has 1 atom stereocenters. The van der Waals surface area contributed by atoms with Gasteiger partial charge in [0, 0.05) is 73.0 Å². The van der Waals surface area contributed by atoms with Crippen molar-refractivity contribution in [3.8, 4) is 0 Å². The van der Waals surface area contributed by atoms with Crippen molar-refractivity contribution in [1.82, 2.24) is 10.2 Å². The third kappa shape index (κ3) is 12.9. The molecule has 0 fully saturated rings. The number of hydrogen-bond acceptors (Lipinski definition) is 9. The molecule has 0 radical (unpaired) electrons. The zero-order valence-corrected chi connectivity index (χ0v) is 31.7. The second kappa shape index (κ2) is 21.0. The predicted molar refractivity (Wildman–Crippen MR) is 199 cm³/mol. The number of hydrogen-bond donors (Lipinski definition) is 1. The number of nitrogens with zero attached hydrogens (tertiary/aromatic N) is 1. The summed E-state index contributed by atoms with van der Waals surface area (Å²) in [7, 11) is -1.42. The molecular formula is C38H48Cl2N2O8S. The van der Waals surface area contributed by atoms with Gasteiger partial charge in [0.15, 0.2) is 15.6 Å². The predicted octanol–water partition coefficient (Wildman–Crippen LogP) is 6.21. The van der Waals surface area contributed by atoms with E-state index in [9.17, 15) is 18.0 Å². The Kier molecular flexibility index (Phi) is 16.8. The lowest BCUT2D eigenvalue weighted by molar-refractivity contribution is 0.0142. The van der Waals surface area contributed by atoms with Crippen molar-refractivity contribution in [3.05, 3.63) is 98.5 Å². The number of halogens is 2. The number of carbonyl (C=O) groups excluding carboxylic acids is 2. The lowest BCUT2D eigenvalue weighted by Crippen LogP contribution is -2.31. The third-order valence-electron chi connectivity index (χ3n) is 8.48. The smallest absolute Gasteiger partial charge is 0.251 e. The molecule has 0 aromatic heterocycles. The maximum Gasteiger partial charge on any atom is 0.251 e. The minimum absolute atomic E-state index is 0.00689. The van der Waals surface area contributed by atoms with Crippen molar-refractivity contribution in [3.63, 3.8) is 0 Å². The fraction of sp³-hybridized carbons (Fsp3) is 0.474. The second-order valence-electron chi connectivity index (χ2n) is 12.3. The Morgan fingerprint density at radius 3 is 2.12 bits per heavy atom. The maximum atomic E-state index is 13.0. The van der Waals surface area contributed by atoms with Crippen LogP contribution < -0.4 is 5.32 Å². The molecule has 0 bridgehead atoms. The molecule has 4 rings (SSSR count). The summed E-state index contributed by atoms with van der Waals surface area (Å²) < 4.78 is 47.8. The molecule has 1 aliphatic rings. The van der Waals surface area contributed by atoms with Crippen molar-refractivity contribution in [1.29, 1.82) is 0 Å². The first-order valence-corrected chi connectivity index (χ1v) is 19.7. The van der Waals surface area contributed by atoms with Gasteiger partial charge in [0.25, 0.3) is 5.91 Å². The first-order chi connectivity index (χ1) is 24.6. The van der Waals surface area contributed by atoms with Crippen LogP contribution >= 0.6 is 23.2 Å². The van der Waals surface area contributed by atoms with E-state index >= 15 is 0 Å². The summed E-state index contributed by atoms with van der Waals surface area (Å²) in [6.45, 7) is 7.14. The van der Waals surface area contributed by atoms with E-state index in [1.54, 1.807) is 42.5 Å². The number of ketones is 1. The molecule has 1 amide bonds. The van der Waals surface area contributed by atoms with Crippen LogP contribution in [0.4, 0.5) is 0 Å². The molecule has 3 aromatic carbocycles. The molecule has 13 heteroatoms. The number of Topliss-reactive ketones (excluding diaryl/α,β-unsaturated/α-hetero) is 1. The Labute approximate surface area is 311 Å². The number of benzene rings is 3. The summed E-state index contributed by atoms with van der Waals surface area (Å²) in [4.78, 5) is 27.1. The van der Waals surface area contributed by atoms with Crippen LogP contribution in [0.15, 0.2) is 65.6 Å². The Hall–Kier alpha value is -2.87. The van der Waals surface area contributed by atoms with E-state index in [4.69, 9.17) is 42.1 Å². The third-order valence-corrected chi connectivity index (χ3v) is 10.8. The van der Waals surface area contributed by atoms with Gasteiger partial charge >= 0.3 is 0 Å². The van der Waals surface area contributed by atoms with E-state index in [-0.39, 0.29) is 28.3 Å². The highest BCUT2D eigenvalue weighted by atomic mass is 35.5. The normalized spacial score (nSPS) is 14.7. The van der Waals surface area contributed by atoms with Crippen LogP contribution in [0, 0.1) is 0 Å². The number of nitrogens with one attached hydrogen (secondary N) is 1. The number of ether oxygens (including phenoxy) is 4. The van der Waals surface area contributed by atoms with Crippen LogP contribution in [0.25, 0.3) is 0 Å². The van der Waals surface area contributed by atoms with Gasteiger partial charge in [-0.3, -0.25) is 9.59 Å². The van der Waals surface area contributed by atoms with E-state index in [0.29, 0.717) is 99.8 Å². The van der Waals surface area contributed by atoms with Gasteiger partial charge in [-0.2, -0.15) is 0 Å². The lowest BCUT2D eigenvalue weighted by atomic mass is 9.85. The molecule has 0 spiro atoms. The average Bonchev–Trinajstić information content (AvgIpc) is 3.12. The Bertz CT molecular complexity index is 1670. The summed E-state index contributed by atoms with van der Waals surface area (Å²) in [5.41, 5.74) is 4.20. The summed E-state index contributed by atoms with van der Waals surface area (Å²) in [5.74, 6) is -0.178. The number of sulfone groups is 1. The molecule has 0 saturated heterocycles. The van der Waals surface area contributed by atoms with E-state index in [1.165, 1.54) is 0 Å². The van der Waals surface area contributed by atoms with Gasteiger partial charge in [-0.25, -0.2) is 8.42 Å². The summed E-state index contributed by atoms with van der Waals surface area (Å²) in [5, 5.41) is 4.01. The van der Waals surface area contributed by atoms with E-state index in [0.717, 1.165) is 29.8 Å². The van der Waals surface area contributed by atoms with Crippen LogP contribution in [0.5, 0.6) is 0 Å². The zero-order chi connectivity index (χ0) is 36.6. The summed E-state index contributed by atoms with van der Waals surface area (Å²) >= 11 is 12.8. The largest absolute Gasteiger partial charge is 0.380 e. The van der Waals surface area contributed by atoms with Gasteiger partial charge in [0.2, 0.25) is 0 Å². The van der Waals surface area contributed by atoms with Gasteiger partial charge < -0.3 is 29.2 Å². The molecule has 278 valence electrons. The van der Waals surface area contributed by atoms with Crippen LogP contribution in [0.1, 0.15) is 69.5 Å². The van der Waals surface area contributed by atoms with Crippen molar-refractivity contribution in [2.75, 3.05) is 78.7 Å². The van der Waals surface area contributed by atoms with Crippen LogP contribution in [0.3, 0.4) is 0 Å². The van der Waals surface area contributed by atoms with Crippen LogP contribution in [-0.2, 0) is 35.3 Å². The fourth-order valence-electron chi connectivity index (χ4n) is 5.82. The molecular weight excluding hydrogens is 715 g/mol. The van der Waals surface area contributed by atoms with E-state index in [2.05, 4.69) is 10.2 Å². The highest BCUT2D eigenvalue weighted by molar-refractivity contribution is 7.91. The van der Waals surface area contributed by atoms with Crippen molar-refractivity contribution in [2.24, 2.45) is 0 Å². The molecule has 0 saturated carbocycles. The highest BCUT2D eigenvalue weighted by Gasteiger charge is 2.27. The molecule has 1 unspecified atom stereocenters. The van der Waals surface area contributed by atoms with Gasteiger partial charge in [0.05, 0.1) is 43.7 Å². The molecule has 51 heavy (non-hydrogen) atoms. The topological polar surface area (TPSA) is 120 Å². The van der Waals surface area contributed by atoms with Gasteiger partial charge in [-0.1, -0.05) is 47.5 Å². The highest BCUT2D eigenvalue weighted by Crippen LogP contribution is 2.38. The molecule has 1 N–H and O–H groups in total. The number of likely N-dealkylation sites (N-methyl/N-ethyl adjacent to an activating group) is 1. The maximum absolute atomic E-state index is 13.0. The molecule has 3 aromatic rings. The van der Waals surface area contributed by atoms with Gasteiger partial charge in [-0.15, -0.1) is 0 Å². The van der Waals surface area contributed by atoms with Crippen molar-refractivity contribution >= 4 is 44.7 Å². The number of amides is 1. The quantitative estimate of drug-likeness (QED) is 0.0941. The first kappa shape index (κ1) is 40.9. The van der Waals surface area contributed by atoms with Crippen molar-refractivity contribution in [2.45, 2.75) is 43.5 Å². The Balaban J connectivity index is 1.03. The SMILES string of the molecule is CCOCCNC(=O)c1ccc(C(=O)CCCOCCOCCOCCCS(=O)(=O)c2ccc(C3CN(C)Cc4c(Cl)cc(Cl)cc43)cc2)cc1. The standard InChI is InChI=1S/C38H48Cl2N2O8S/c1-3-47-18-15-41-38(44)30-9-7-29(8-10-30)37(43)6-4-16-48-19-21-50-22-20-49-17-5-23-51(45,46)32-13-11-28(12-14-32)34-26-42(2)27-35-33(34)24-31(39)25-36(35)40/h7-14,24-25,34H,3-6,15-23,26-27H2,1-2H3,(H,41,44). The molecule has 0 aliphatic carbocycles. The van der Waals surface area contributed by atoms with E-state index in [1.807, 2.05) is 32.2 Å². The van der Waals surface area contributed by atoms with Gasteiger partial charge in [-0.05, 0) is 79.9 Å². The average molecular weight is 764 g/mol. The zero-order valence-electron chi connectivity index (χ0n) is 29.3. The second-order valence-corrected chi connectivity index (χ2v) is 15.3. The van der Waals surface area contributed by atoms with Crippen LogP contribution in [0.2, 0.25) is 10.0 Å². The van der Waals surface area contributed by atoms with Gasteiger partial charge in [0.1, 0.15) is 0 Å². The molecule has 1 heterocycles.